The van der Waals surface area contributed by atoms with E-state index in [-0.39, 0.29) is 17.0 Å². The molecule has 0 aliphatic heterocycles. The van der Waals surface area contributed by atoms with E-state index in [1.165, 1.54) is 18.6 Å². The highest BCUT2D eigenvalue weighted by atomic mass is 19.1. The Balaban J connectivity index is 1.89. The van der Waals surface area contributed by atoms with Gasteiger partial charge in [0, 0.05) is 5.54 Å². The maximum Gasteiger partial charge on any atom is 0.123 e. The number of hydrogen-bond acceptors (Lipinski definition) is 2. The van der Waals surface area contributed by atoms with Gasteiger partial charge in [-0.2, -0.15) is 0 Å². The van der Waals surface area contributed by atoms with E-state index >= 15 is 0 Å². The first kappa shape index (κ1) is 14.3. The second kappa shape index (κ2) is 5.49. The Labute approximate surface area is 115 Å². The zero-order chi connectivity index (χ0) is 13.9. The Hall–Kier alpha value is -1.09. The van der Waals surface area contributed by atoms with Crippen LogP contribution >= 0.6 is 0 Å². The second-order valence-corrected chi connectivity index (χ2v) is 6.52. The van der Waals surface area contributed by atoms with Crippen molar-refractivity contribution in [3.63, 3.8) is 0 Å². The molecule has 3 heteroatoms. The van der Waals surface area contributed by atoms with Gasteiger partial charge in [-0.15, -0.1) is 0 Å². The summed E-state index contributed by atoms with van der Waals surface area (Å²) in [5.74, 6) is 0.557. The number of benzene rings is 1. The normalized spacial score (nSPS) is 17.9. The number of hydrogen-bond donors (Lipinski definition) is 1. The highest BCUT2D eigenvalue weighted by Gasteiger charge is 2.39. The molecule has 2 nitrogen and oxygen atoms in total. The predicted octanol–water partition coefficient (Wildman–Crippen LogP) is 3.91. The van der Waals surface area contributed by atoms with Crippen molar-refractivity contribution in [3.8, 4) is 5.75 Å². The van der Waals surface area contributed by atoms with Crippen LogP contribution < -0.4 is 10.1 Å². The van der Waals surface area contributed by atoms with E-state index in [1.54, 1.807) is 12.1 Å². The Morgan fingerprint density at radius 2 is 1.84 bits per heavy atom. The van der Waals surface area contributed by atoms with Crippen molar-refractivity contribution >= 4 is 0 Å². The summed E-state index contributed by atoms with van der Waals surface area (Å²) in [5, 5.41) is 3.50. The van der Waals surface area contributed by atoms with Crippen molar-refractivity contribution in [1.29, 1.82) is 0 Å². The van der Waals surface area contributed by atoms with Crippen LogP contribution in [-0.2, 0) is 0 Å². The lowest BCUT2D eigenvalue weighted by Gasteiger charge is -2.42. The Kier molecular flexibility index (Phi) is 4.14. The van der Waals surface area contributed by atoms with E-state index in [1.807, 2.05) is 0 Å². The van der Waals surface area contributed by atoms with E-state index in [0.29, 0.717) is 0 Å². The smallest absolute Gasteiger partial charge is 0.123 e. The quantitative estimate of drug-likeness (QED) is 0.871. The maximum atomic E-state index is 12.9. The molecule has 0 saturated heterocycles. The molecule has 0 aromatic heterocycles. The fourth-order valence-corrected chi connectivity index (χ4v) is 2.39. The largest absolute Gasteiger partial charge is 0.487 e. The van der Waals surface area contributed by atoms with E-state index in [2.05, 4.69) is 26.1 Å². The van der Waals surface area contributed by atoms with E-state index in [9.17, 15) is 4.39 Å². The lowest BCUT2D eigenvalue weighted by Crippen LogP contribution is -2.47. The number of halogens is 1. The van der Waals surface area contributed by atoms with Gasteiger partial charge in [0.15, 0.2) is 0 Å². The fourth-order valence-electron chi connectivity index (χ4n) is 2.39. The topological polar surface area (TPSA) is 21.3 Å². The Morgan fingerprint density at radius 1 is 1.21 bits per heavy atom. The number of nitrogens with one attached hydrogen (secondary N) is 1. The van der Waals surface area contributed by atoms with Crippen LogP contribution in [0.3, 0.4) is 0 Å². The summed E-state index contributed by atoms with van der Waals surface area (Å²) >= 11 is 0. The monoisotopic (exact) mass is 265 g/mol. The highest BCUT2D eigenvalue weighted by molar-refractivity contribution is 5.23. The molecular formula is C16H24FNO. The Morgan fingerprint density at radius 3 is 2.32 bits per heavy atom. The van der Waals surface area contributed by atoms with Crippen molar-refractivity contribution in [2.24, 2.45) is 0 Å². The molecule has 1 aromatic carbocycles. The first-order valence-electron chi connectivity index (χ1n) is 7.08. The van der Waals surface area contributed by atoms with Crippen molar-refractivity contribution in [2.75, 3.05) is 6.54 Å². The molecule has 2 rings (SSSR count). The Bertz CT molecular complexity index is 404. The lowest BCUT2D eigenvalue weighted by molar-refractivity contribution is -0.0153. The first-order chi connectivity index (χ1) is 8.89. The van der Waals surface area contributed by atoms with Crippen LogP contribution in [0.4, 0.5) is 4.39 Å². The van der Waals surface area contributed by atoms with Gasteiger partial charge in [-0.1, -0.05) is 0 Å². The third kappa shape index (κ3) is 4.20. The average Bonchev–Trinajstić information content (AvgIpc) is 2.27. The van der Waals surface area contributed by atoms with Crippen LogP contribution in [-0.4, -0.2) is 17.7 Å². The summed E-state index contributed by atoms with van der Waals surface area (Å²) in [4.78, 5) is 0. The molecule has 1 aliphatic rings. The fraction of sp³-hybridized carbons (Fsp3) is 0.625. The first-order valence-corrected chi connectivity index (χ1v) is 7.08. The van der Waals surface area contributed by atoms with Crippen molar-refractivity contribution in [3.05, 3.63) is 30.1 Å². The zero-order valence-electron chi connectivity index (χ0n) is 12.1. The van der Waals surface area contributed by atoms with Gasteiger partial charge >= 0.3 is 0 Å². The third-order valence-corrected chi connectivity index (χ3v) is 3.65. The minimum Gasteiger partial charge on any atom is -0.487 e. The molecule has 1 aromatic rings. The summed E-state index contributed by atoms with van der Waals surface area (Å²) in [6.45, 7) is 7.45. The van der Waals surface area contributed by atoms with E-state index in [4.69, 9.17) is 4.74 Å². The van der Waals surface area contributed by atoms with Crippen molar-refractivity contribution in [1.82, 2.24) is 5.32 Å². The molecule has 0 spiro atoms. The SMILES string of the molecule is CC(C)(C)NCCC1(Oc2ccc(F)cc2)CCC1. The van der Waals surface area contributed by atoms with Crippen molar-refractivity contribution in [2.45, 2.75) is 57.6 Å². The van der Waals surface area contributed by atoms with Crippen LogP contribution in [0.1, 0.15) is 46.5 Å². The van der Waals surface area contributed by atoms with Gasteiger partial charge in [-0.25, -0.2) is 4.39 Å². The molecule has 0 bridgehead atoms. The van der Waals surface area contributed by atoms with Gasteiger partial charge in [-0.3, -0.25) is 0 Å². The second-order valence-electron chi connectivity index (χ2n) is 6.52. The van der Waals surface area contributed by atoms with Crippen LogP contribution in [0.2, 0.25) is 0 Å². The molecule has 1 fully saturated rings. The number of rotatable bonds is 5. The lowest BCUT2D eigenvalue weighted by atomic mass is 9.77. The molecule has 1 saturated carbocycles. The molecule has 0 heterocycles. The molecular weight excluding hydrogens is 241 g/mol. The minimum atomic E-state index is -0.218. The van der Waals surface area contributed by atoms with Crippen molar-refractivity contribution < 1.29 is 9.13 Å². The number of ether oxygens (including phenoxy) is 1. The van der Waals surface area contributed by atoms with Gasteiger partial charge in [0.1, 0.15) is 17.2 Å². The summed E-state index contributed by atoms with van der Waals surface area (Å²) in [6.07, 6.45) is 4.41. The minimum absolute atomic E-state index is 0.0456. The van der Waals surface area contributed by atoms with Gasteiger partial charge in [-0.05, 0) is 77.3 Å². The van der Waals surface area contributed by atoms with Gasteiger partial charge in [0.05, 0.1) is 0 Å². The van der Waals surface area contributed by atoms with Crippen LogP contribution in [0, 0.1) is 5.82 Å². The molecule has 0 atom stereocenters. The van der Waals surface area contributed by atoms with Crippen LogP contribution in [0.25, 0.3) is 0 Å². The summed E-state index contributed by atoms with van der Waals surface area (Å²) in [7, 11) is 0. The molecule has 106 valence electrons. The van der Waals surface area contributed by atoms with Crippen LogP contribution in [0.5, 0.6) is 5.75 Å². The molecule has 0 unspecified atom stereocenters. The summed E-state index contributed by atoms with van der Waals surface area (Å²) in [6, 6.07) is 6.34. The van der Waals surface area contributed by atoms with E-state index in [0.717, 1.165) is 31.6 Å². The molecule has 0 radical (unpaired) electrons. The molecule has 19 heavy (non-hydrogen) atoms. The maximum absolute atomic E-state index is 12.9. The molecule has 1 N–H and O–H groups in total. The van der Waals surface area contributed by atoms with E-state index < -0.39 is 0 Å². The summed E-state index contributed by atoms with van der Waals surface area (Å²) in [5.41, 5.74) is 0.0941. The van der Waals surface area contributed by atoms with Gasteiger partial charge in [0.2, 0.25) is 0 Å². The van der Waals surface area contributed by atoms with Gasteiger partial charge < -0.3 is 10.1 Å². The van der Waals surface area contributed by atoms with Crippen LogP contribution in [0.15, 0.2) is 24.3 Å². The highest BCUT2D eigenvalue weighted by Crippen LogP contribution is 2.39. The standard InChI is InChI=1S/C16H24FNO/c1-15(2,3)18-12-11-16(9-4-10-16)19-14-7-5-13(17)6-8-14/h5-8,18H,4,9-12H2,1-3H3. The van der Waals surface area contributed by atoms with Gasteiger partial charge in [0.25, 0.3) is 0 Å². The average molecular weight is 265 g/mol. The molecule has 0 amide bonds. The summed E-state index contributed by atoms with van der Waals surface area (Å²) < 4.78 is 19.0. The third-order valence-electron chi connectivity index (χ3n) is 3.65. The molecule has 1 aliphatic carbocycles. The predicted molar refractivity (Wildman–Crippen MR) is 76.0 cm³/mol. The zero-order valence-corrected chi connectivity index (χ0v) is 12.1.